The molecule has 328 valence electrons. The monoisotopic (exact) mass is 826 g/mol. The Kier molecular flexibility index (Phi) is 37.0. The predicted molar refractivity (Wildman–Crippen MR) is 226 cm³/mol. The maximum absolute atomic E-state index is 12.6. The SMILES string of the molecule is CC/C=C\C/C=C\C/C=C\C/C=C\C[C@@H](O)[C@H](O)CCCC(=O)O[C@H](COC(=O)CCCCCCC/C=C\C/C=C\CCCCC)COP(=O)(O)OC[C@@H](O)CO. The van der Waals surface area contributed by atoms with Crippen molar-refractivity contribution in [3.8, 4) is 0 Å². The van der Waals surface area contributed by atoms with E-state index in [2.05, 4.69) is 73.1 Å². The molecule has 0 radical (unpaired) electrons. The summed E-state index contributed by atoms with van der Waals surface area (Å²) in [5, 5.41) is 39.0. The van der Waals surface area contributed by atoms with E-state index in [0.717, 1.165) is 64.2 Å². The Balaban J connectivity index is 4.61. The van der Waals surface area contributed by atoms with Crippen LogP contribution in [-0.4, -0.2) is 88.1 Å². The number of aliphatic hydroxyl groups excluding tert-OH is 4. The highest BCUT2D eigenvalue weighted by atomic mass is 31.2. The van der Waals surface area contributed by atoms with Gasteiger partial charge >= 0.3 is 19.8 Å². The highest BCUT2D eigenvalue weighted by molar-refractivity contribution is 7.47. The molecule has 0 rings (SSSR count). The third-order valence-corrected chi connectivity index (χ3v) is 9.50. The van der Waals surface area contributed by atoms with Gasteiger partial charge in [0.05, 0.1) is 32.0 Å². The molecular formula is C44H75O12P. The van der Waals surface area contributed by atoms with E-state index in [-0.39, 0.29) is 32.1 Å². The third-order valence-electron chi connectivity index (χ3n) is 8.55. The van der Waals surface area contributed by atoms with Gasteiger partial charge in [-0.05, 0) is 83.5 Å². The van der Waals surface area contributed by atoms with Crippen LogP contribution in [0.2, 0.25) is 0 Å². The normalized spacial score (nSPS) is 15.7. The number of ether oxygens (including phenoxy) is 2. The van der Waals surface area contributed by atoms with Crippen molar-refractivity contribution < 1.29 is 58.0 Å². The average Bonchev–Trinajstić information content (AvgIpc) is 3.19. The zero-order chi connectivity index (χ0) is 42.2. The molecule has 0 aromatic carbocycles. The van der Waals surface area contributed by atoms with E-state index in [1.54, 1.807) is 6.08 Å². The first kappa shape index (κ1) is 54.3. The Morgan fingerprint density at radius 2 is 1.12 bits per heavy atom. The van der Waals surface area contributed by atoms with E-state index >= 15 is 0 Å². The molecule has 0 aromatic rings. The maximum atomic E-state index is 12.6. The molecule has 0 amide bonds. The van der Waals surface area contributed by atoms with Crippen LogP contribution in [0, 0.1) is 0 Å². The summed E-state index contributed by atoms with van der Waals surface area (Å²) in [7, 11) is -4.71. The van der Waals surface area contributed by atoms with Crippen LogP contribution in [0.4, 0.5) is 0 Å². The Hall–Kier alpha value is -2.67. The summed E-state index contributed by atoms with van der Waals surface area (Å²) < 4.78 is 32.5. The van der Waals surface area contributed by atoms with Crippen molar-refractivity contribution in [1.82, 2.24) is 0 Å². The summed E-state index contributed by atoms with van der Waals surface area (Å²) in [5.74, 6) is -1.24. The van der Waals surface area contributed by atoms with Gasteiger partial charge in [0.1, 0.15) is 12.7 Å². The van der Waals surface area contributed by atoms with E-state index in [1.807, 2.05) is 12.2 Å². The van der Waals surface area contributed by atoms with Gasteiger partial charge in [-0.25, -0.2) is 4.57 Å². The standard InChI is InChI=1S/C44H75O12P/c1-3-5-7-9-11-13-15-17-18-19-21-23-25-27-29-33-43(49)53-37-40(38-55-57(51,52)54-36-39(46)35-45)56-44(50)34-30-32-42(48)41(47)31-28-26-24-22-20-16-14-12-10-8-6-4-2/h6,8,11-14,17-18,20,22,26,28,39-42,45-48H,3-5,7,9-10,15-16,19,21,23-25,27,29-38H2,1-2H3,(H,51,52)/b8-6-,13-11-,14-12-,18-17-,22-20-,28-26-/t39-,40+,41+,42+/m0/s1. The maximum Gasteiger partial charge on any atom is 0.472 e. The first-order valence-electron chi connectivity index (χ1n) is 21.1. The molecule has 0 aliphatic carbocycles. The topological polar surface area (TPSA) is 189 Å². The van der Waals surface area contributed by atoms with Crippen molar-refractivity contribution in [2.45, 2.75) is 167 Å². The van der Waals surface area contributed by atoms with E-state index in [1.165, 1.54) is 19.3 Å². The number of unbranched alkanes of at least 4 members (excludes halogenated alkanes) is 8. The quantitative estimate of drug-likeness (QED) is 0.0172. The molecule has 57 heavy (non-hydrogen) atoms. The van der Waals surface area contributed by atoms with Crippen LogP contribution in [0.1, 0.15) is 142 Å². The van der Waals surface area contributed by atoms with Crippen LogP contribution < -0.4 is 0 Å². The highest BCUT2D eigenvalue weighted by Gasteiger charge is 2.27. The molecule has 5 atom stereocenters. The van der Waals surface area contributed by atoms with Gasteiger partial charge in [-0.1, -0.05) is 119 Å². The second kappa shape index (κ2) is 38.8. The summed E-state index contributed by atoms with van der Waals surface area (Å²) in [4.78, 5) is 35.0. The number of hydrogen-bond acceptors (Lipinski definition) is 11. The fourth-order valence-corrected chi connectivity index (χ4v) is 5.96. The molecule has 5 N–H and O–H groups in total. The van der Waals surface area contributed by atoms with Crippen molar-refractivity contribution in [2.75, 3.05) is 26.4 Å². The molecule has 1 unspecified atom stereocenters. The summed E-state index contributed by atoms with van der Waals surface area (Å²) in [6.07, 6.45) is 36.1. The number of allylic oxidation sites excluding steroid dienone is 11. The van der Waals surface area contributed by atoms with E-state index in [4.69, 9.17) is 19.1 Å². The van der Waals surface area contributed by atoms with E-state index < -0.39 is 70.6 Å². The van der Waals surface area contributed by atoms with Gasteiger partial charge in [0, 0.05) is 12.8 Å². The van der Waals surface area contributed by atoms with Crippen LogP contribution in [0.15, 0.2) is 72.9 Å². The lowest BCUT2D eigenvalue weighted by Crippen LogP contribution is -2.30. The van der Waals surface area contributed by atoms with Gasteiger partial charge in [0.25, 0.3) is 0 Å². The fraction of sp³-hybridized carbons (Fsp3) is 0.682. The van der Waals surface area contributed by atoms with Crippen molar-refractivity contribution >= 4 is 19.8 Å². The second-order valence-corrected chi connectivity index (χ2v) is 15.4. The lowest BCUT2D eigenvalue weighted by Gasteiger charge is -2.20. The third kappa shape index (κ3) is 37.4. The first-order chi connectivity index (χ1) is 27.5. The number of carbonyl (C=O) groups is 2. The molecule has 0 saturated carbocycles. The molecule has 0 saturated heterocycles. The molecule has 12 nitrogen and oxygen atoms in total. The minimum Gasteiger partial charge on any atom is -0.462 e. The Labute approximate surface area is 343 Å². The molecule has 0 bridgehead atoms. The largest absolute Gasteiger partial charge is 0.472 e. The van der Waals surface area contributed by atoms with Gasteiger partial charge in [0.15, 0.2) is 6.10 Å². The Morgan fingerprint density at radius 1 is 0.596 bits per heavy atom. The zero-order valence-electron chi connectivity index (χ0n) is 34.7. The number of rotatable bonds is 38. The van der Waals surface area contributed by atoms with Crippen LogP contribution >= 0.6 is 7.82 Å². The van der Waals surface area contributed by atoms with Crippen molar-refractivity contribution in [1.29, 1.82) is 0 Å². The van der Waals surface area contributed by atoms with Gasteiger partial charge in [0.2, 0.25) is 0 Å². The predicted octanol–water partition coefficient (Wildman–Crippen LogP) is 8.83. The number of esters is 2. The van der Waals surface area contributed by atoms with Gasteiger partial charge in [-0.2, -0.15) is 0 Å². The number of hydrogen-bond donors (Lipinski definition) is 5. The van der Waals surface area contributed by atoms with Gasteiger partial charge < -0.3 is 34.8 Å². The van der Waals surface area contributed by atoms with E-state index in [9.17, 15) is 34.4 Å². The molecule has 0 aliphatic rings. The molecule has 0 fully saturated rings. The van der Waals surface area contributed by atoms with Crippen LogP contribution in [0.3, 0.4) is 0 Å². The Morgan fingerprint density at radius 3 is 1.74 bits per heavy atom. The minimum atomic E-state index is -4.71. The number of aliphatic hydroxyl groups is 4. The summed E-state index contributed by atoms with van der Waals surface area (Å²) in [5.41, 5.74) is 0. The lowest BCUT2D eigenvalue weighted by molar-refractivity contribution is -0.161. The smallest absolute Gasteiger partial charge is 0.462 e. The summed E-state index contributed by atoms with van der Waals surface area (Å²) >= 11 is 0. The number of phosphoric ester groups is 1. The van der Waals surface area contributed by atoms with Crippen LogP contribution in [-0.2, 0) is 32.7 Å². The summed E-state index contributed by atoms with van der Waals surface area (Å²) in [6.45, 7) is 1.86. The number of carbonyl (C=O) groups excluding carboxylic acids is 2. The van der Waals surface area contributed by atoms with Crippen molar-refractivity contribution in [2.24, 2.45) is 0 Å². The highest BCUT2D eigenvalue weighted by Crippen LogP contribution is 2.43. The van der Waals surface area contributed by atoms with Crippen molar-refractivity contribution in [3.05, 3.63) is 72.9 Å². The zero-order valence-corrected chi connectivity index (χ0v) is 35.6. The molecule has 13 heteroatoms. The molecule has 0 spiro atoms. The minimum absolute atomic E-state index is 0.125. The lowest BCUT2D eigenvalue weighted by atomic mass is 10.0. The van der Waals surface area contributed by atoms with Crippen LogP contribution in [0.5, 0.6) is 0 Å². The number of phosphoric acid groups is 1. The average molecular weight is 827 g/mol. The molecule has 0 aromatic heterocycles. The van der Waals surface area contributed by atoms with Gasteiger partial charge in [-0.3, -0.25) is 18.6 Å². The molecular weight excluding hydrogens is 751 g/mol. The first-order valence-corrected chi connectivity index (χ1v) is 22.6. The van der Waals surface area contributed by atoms with Crippen LogP contribution in [0.25, 0.3) is 0 Å². The van der Waals surface area contributed by atoms with Gasteiger partial charge in [-0.15, -0.1) is 0 Å². The Bertz CT molecular complexity index is 1210. The molecule has 0 aliphatic heterocycles. The van der Waals surface area contributed by atoms with E-state index in [0.29, 0.717) is 12.8 Å². The molecule has 0 heterocycles. The van der Waals surface area contributed by atoms with Crippen molar-refractivity contribution in [3.63, 3.8) is 0 Å². The summed E-state index contributed by atoms with van der Waals surface area (Å²) in [6, 6.07) is 0. The fourth-order valence-electron chi connectivity index (χ4n) is 5.17. The second-order valence-electron chi connectivity index (χ2n) is 13.9.